The minimum absolute atomic E-state index is 0.374. The number of aromatic nitrogens is 1. The Balaban J connectivity index is 1.39. The lowest BCUT2D eigenvalue weighted by Gasteiger charge is -2.18. The molecule has 0 spiro atoms. The monoisotopic (exact) mass is 705 g/mol. The Labute approximate surface area is 274 Å². The van der Waals surface area contributed by atoms with Gasteiger partial charge in [-0.25, -0.2) is 14.8 Å². The van der Waals surface area contributed by atoms with Crippen LogP contribution in [-0.2, 0) is 17.6 Å². The number of ether oxygens (including phenoxy) is 2. The molecule has 0 atom stereocenters. The standard InChI is InChI=1S/C37H28IN3O4/c1-44-26-15-12-24(13-16-26)34-33(38)32(23-10-6-3-7-11-23)37(39-34)41-36-31(22-8-4-2-5-9-22)29-18-14-25-20-27(45-21-30(42)43)17-19-28(25)35(29)40-36/h2-13,15-17,19-20,40H,14,18,21H2,1H3,(H,42,43). The Hall–Kier alpha value is -4.96. The number of aryl methyl sites for hydroxylation is 1. The van der Waals surface area contributed by atoms with Crippen LogP contribution in [0.2, 0.25) is 0 Å². The average molecular weight is 706 g/mol. The summed E-state index contributed by atoms with van der Waals surface area (Å²) < 4.78 is 11.9. The summed E-state index contributed by atoms with van der Waals surface area (Å²) in [5, 5.41) is 9.05. The van der Waals surface area contributed by atoms with Gasteiger partial charge in [0.25, 0.3) is 0 Å². The zero-order valence-corrected chi connectivity index (χ0v) is 26.5. The normalized spacial score (nSPS) is 14.6. The van der Waals surface area contributed by atoms with E-state index in [1.165, 1.54) is 5.56 Å². The number of rotatable bonds is 8. The molecular formula is C37H28IN3O4. The van der Waals surface area contributed by atoms with Gasteiger partial charge < -0.3 is 19.6 Å². The van der Waals surface area contributed by atoms with Gasteiger partial charge >= 0.3 is 5.97 Å². The number of hydrogen-bond acceptors (Lipinski definition) is 4. The molecule has 0 saturated carbocycles. The second kappa shape index (κ2) is 12.2. The summed E-state index contributed by atoms with van der Waals surface area (Å²) in [4.78, 5) is 25.2. The molecule has 0 radical (unpaired) electrons. The number of amidine groups is 1. The van der Waals surface area contributed by atoms with E-state index in [0.29, 0.717) is 11.6 Å². The second-order valence-electron chi connectivity index (χ2n) is 10.7. The lowest BCUT2D eigenvalue weighted by molar-refractivity contribution is -0.139. The van der Waals surface area contributed by atoms with Gasteiger partial charge in [0.1, 0.15) is 17.3 Å². The number of H-pyrrole nitrogens is 1. The molecule has 2 aliphatic rings. The molecule has 1 aliphatic carbocycles. The maximum Gasteiger partial charge on any atom is 0.341 e. The molecule has 1 aromatic heterocycles. The molecule has 7 rings (SSSR count). The van der Waals surface area contributed by atoms with Gasteiger partial charge in [0.05, 0.1) is 22.1 Å². The third-order valence-electron chi connectivity index (χ3n) is 8.01. The summed E-state index contributed by atoms with van der Waals surface area (Å²) in [6.07, 6.45) is 1.60. The molecule has 45 heavy (non-hydrogen) atoms. The van der Waals surface area contributed by atoms with E-state index in [1.54, 1.807) is 7.11 Å². The second-order valence-corrected chi connectivity index (χ2v) is 11.8. The van der Waals surface area contributed by atoms with Crippen molar-refractivity contribution < 1.29 is 19.4 Å². The lowest BCUT2D eigenvalue weighted by Crippen LogP contribution is -2.10. The molecular weight excluding hydrogens is 677 g/mol. The topological polar surface area (TPSA) is 96.3 Å². The molecule has 0 amide bonds. The highest BCUT2D eigenvalue weighted by Gasteiger charge is 2.29. The van der Waals surface area contributed by atoms with E-state index >= 15 is 0 Å². The van der Waals surface area contributed by atoms with Crippen LogP contribution in [0, 0.1) is 0 Å². The van der Waals surface area contributed by atoms with E-state index in [4.69, 9.17) is 24.6 Å². The van der Waals surface area contributed by atoms with Crippen LogP contribution < -0.4 is 9.47 Å². The van der Waals surface area contributed by atoms with Crippen LogP contribution in [0.3, 0.4) is 0 Å². The fraction of sp³-hybridized carbons (Fsp3) is 0.108. The molecule has 2 heterocycles. The number of allylic oxidation sites excluding steroid dienone is 1. The zero-order valence-electron chi connectivity index (χ0n) is 24.4. The van der Waals surface area contributed by atoms with E-state index < -0.39 is 5.97 Å². The van der Waals surface area contributed by atoms with Gasteiger partial charge in [-0.3, -0.25) is 0 Å². The Kier molecular flexibility index (Phi) is 7.81. The molecule has 7 nitrogen and oxygen atoms in total. The molecule has 222 valence electrons. The maximum absolute atomic E-state index is 11.0. The quantitative estimate of drug-likeness (QED) is 0.159. The molecule has 5 aromatic rings. The lowest BCUT2D eigenvalue weighted by atomic mass is 9.87. The van der Waals surface area contributed by atoms with Crippen molar-refractivity contribution in [2.24, 2.45) is 9.98 Å². The van der Waals surface area contributed by atoms with Crippen LogP contribution in [0.1, 0.15) is 22.3 Å². The van der Waals surface area contributed by atoms with Crippen LogP contribution in [0.25, 0.3) is 28.0 Å². The number of halogens is 1. The number of fused-ring (bicyclic) bond motifs is 3. The summed E-state index contributed by atoms with van der Waals surface area (Å²) >= 11 is 2.39. The number of carboxylic acids is 1. The molecule has 0 saturated heterocycles. The Morgan fingerprint density at radius 1 is 0.889 bits per heavy atom. The first-order valence-electron chi connectivity index (χ1n) is 14.6. The molecule has 4 aromatic carbocycles. The van der Waals surface area contributed by atoms with Crippen molar-refractivity contribution in [3.8, 4) is 33.9 Å². The predicted molar refractivity (Wildman–Crippen MR) is 186 cm³/mol. The van der Waals surface area contributed by atoms with E-state index in [1.807, 2.05) is 78.9 Å². The van der Waals surface area contributed by atoms with Gasteiger partial charge in [-0.15, -0.1) is 0 Å². The largest absolute Gasteiger partial charge is 0.497 e. The summed E-state index contributed by atoms with van der Waals surface area (Å²) in [5.74, 6) is 1.73. The number of aromatic amines is 1. The Morgan fingerprint density at radius 2 is 1.58 bits per heavy atom. The van der Waals surface area contributed by atoms with Crippen LogP contribution >= 0.6 is 22.6 Å². The average Bonchev–Trinajstić information content (AvgIpc) is 3.61. The number of nitrogens with one attached hydrogen (secondary N) is 1. The first-order valence-corrected chi connectivity index (χ1v) is 15.6. The molecule has 0 unspecified atom stereocenters. The number of benzene rings is 4. The van der Waals surface area contributed by atoms with Gasteiger partial charge in [0, 0.05) is 22.3 Å². The molecule has 0 bridgehead atoms. The number of aliphatic imine (C=N–C) groups is 2. The van der Waals surface area contributed by atoms with Gasteiger partial charge in [-0.05, 0) is 100 Å². The number of carboxylic acid groups (broad SMARTS) is 1. The minimum atomic E-state index is -1.00. The van der Waals surface area contributed by atoms with Crippen molar-refractivity contribution in [2.75, 3.05) is 13.7 Å². The number of aliphatic carboxylic acids is 1. The van der Waals surface area contributed by atoms with Gasteiger partial charge in [-0.1, -0.05) is 60.7 Å². The van der Waals surface area contributed by atoms with E-state index in [-0.39, 0.29) is 6.61 Å². The highest BCUT2D eigenvalue weighted by molar-refractivity contribution is 14.1. The summed E-state index contributed by atoms with van der Waals surface area (Å²) in [7, 11) is 1.66. The van der Waals surface area contributed by atoms with E-state index in [0.717, 1.165) is 78.3 Å². The van der Waals surface area contributed by atoms with Crippen LogP contribution in [0.5, 0.6) is 11.5 Å². The third-order valence-corrected chi connectivity index (χ3v) is 9.06. The van der Waals surface area contributed by atoms with Crippen LogP contribution in [0.15, 0.2) is 117 Å². The Bertz CT molecular complexity index is 2010. The van der Waals surface area contributed by atoms with Crippen molar-refractivity contribution in [1.29, 1.82) is 0 Å². The van der Waals surface area contributed by atoms with Gasteiger partial charge in [0.2, 0.25) is 0 Å². The fourth-order valence-corrected chi connectivity index (χ4v) is 6.92. The van der Waals surface area contributed by atoms with Crippen molar-refractivity contribution >= 4 is 51.5 Å². The van der Waals surface area contributed by atoms with E-state index in [9.17, 15) is 4.79 Å². The minimum Gasteiger partial charge on any atom is -0.497 e. The molecule has 0 fully saturated rings. The highest BCUT2D eigenvalue weighted by Crippen LogP contribution is 2.46. The first-order chi connectivity index (χ1) is 22.0. The van der Waals surface area contributed by atoms with Crippen LogP contribution in [-0.4, -0.2) is 41.3 Å². The summed E-state index contributed by atoms with van der Waals surface area (Å²) in [6.45, 7) is -0.374. The van der Waals surface area contributed by atoms with Gasteiger partial charge in [-0.2, -0.15) is 0 Å². The number of carbonyl (C=O) groups is 1. The zero-order chi connectivity index (χ0) is 30.9. The molecule has 1 aliphatic heterocycles. The number of hydrogen-bond donors (Lipinski definition) is 2. The third kappa shape index (κ3) is 5.57. The fourth-order valence-electron chi connectivity index (χ4n) is 5.93. The highest BCUT2D eigenvalue weighted by atomic mass is 127. The number of nitrogens with zero attached hydrogens (tertiary/aromatic N) is 2. The Morgan fingerprint density at radius 3 is 2.27 bits per heavy atom. The smallest absolute Gasteiger partial charge is 0.341 e. The molecule has 8 heteroatoms. The summed E-state index contributed by atoms with van der Waals surface area (Å²) in [5.41, 5.74) is 10.4. The SMILES string of the molecule is COc1ccc(C2=NC(=Nc3[nH]c4c(c3-c3ccccc3)CCc3cc(OCC(=O)O)ccc3-4)C(c3ccccc3)=C2I)cc1. The van der Waals surface area contributed by atoms with Crippen molar-refractivity contribution in [1.82, 2.24) is 4.98 Å². The maximum atomic E-state index is 11.0. The summed E-state index contributed by atoms with van der Waals surface area (Å²) in [6, 6.07) is 34.3. The first kappa shape index (κ1) is 28.8. The van der Waals surface area contributed by atoms with Gasteiger partial charge in [0.15, 0.2) is 12.4 Å². The van der Waals surface area contributed by atoms with Crippen molar-refractivity contribution in [3.05, 3.63) is 129 Å². The van der Waals surface area contributed by atoms with Crippen molar-refractivity contribution in [3.63, 3.8) is 0 Å². The van der Waals surface area contributed by atoms with Crippen LogP contribution in [0.4, 0.5) is 5.82 Å². The number of methoxy groups -OCH3 is 1. The molecule has 2 N–H and O–H groups in total. The van der Waals surface area contributed by atoms with E-state index in [2.05, 4.69) is 51.8 Å². The van der Waals surface area contributed by atoms with Crippen molar-refractivity contribution in [2.45, 2.75) is 12.8 Å². The predicted octanol–water partition coefficient (Wildman–Crippen LogP) is 8.30.